The van der Waals surface area contributed by atoms with E-state index in [0.717, 1.165) is 19.3 Å². The Labute approximate surface area is 91.1 Å². The molecule has 0 saturated carbocycles. The van der Waals surface area contributed by atoms with E-state index in [2.05, 4.69) is 18.8 Å². The van der Waals surface area contributed by atoms with Crippen LogP contribution in [0.25, 0.3) is 0 Å². The molecule has 15 heavy (non-hydrogen) atoms. The van der Waals surface area contributed by atoms with Gasteiger partial charge in [-0.05, 0) is 20.3 Å². The van der Waals surface area contributed by atoms with Crippen molar-refractivity contribution in [1.82, 2.24) is 0 Å². The Bertz CT molecular complexity index is 287. The van der Waals surface area contributed by atoms with Crippen LogP contribution < -0.4 is 0 Å². The molecule has 2 atom stereocenters. The largest absolute Gasteiger partial charge is 0.464 e. The third-order valence-corrected chi connectivity index (χ3v) is 2.30. The average molecular weight is 210 g/mol. The lowest BCUT2D eigenvalue weighted by Crippen LogP contribution is -2.18. The summed E-state index contributed by atoms with van der Waals surface area (Å²) in [4.78, 5) is 11.3. The molecule has 0 aliphatic carbocycles. The fourth-order valence-corrected chi connectivity index (χ4v) is 1.30. The Morgan fingerprint density at radius 2 is 2.27 bits per heavy atom. The molecule has 1 fully saturated rings. The van der Waals surface area contributed by atoms with Crippen LogP contribution in [-0.2, 0) is 14.3 Å². The zero-order valence-corrected chi connectivity index (χ0v) is 9.63. The van der Waals surface area contributed by atoms with Gasteiger partial charge in [0.25, 0.3) is 0 Å². The first-order valence-electron chi connectivity index (χ1n) is 5.48. The van der Waals surface area contributed by atoms with E-state index < -0.39 is 11.7 Å². The highest BCUT2D eigenvalue weighted by Gasteiger charge is 2.57. The summed E-state index contributed by atoms with van der Waals surface area (Å²) < 4.78 is 10.1. The molecule has 1 aliphatic rings. The zero-order valence-electron chi connectivity index (χ0n) is 9.63. The maximum atomic E-state index is 11.3. The van der Waals surface area contributed by atoms with Gasteiger partial charge in [0.15, 0.2) is 11.7 Å². The van der Waals surface area contributed by atoms with Crippen LogP contribution in [0.15, 0.2) is 0 Å². The highest BCUT2D eigenvalue weighted by atomic mass is 16.7. The van der Waals surface area contributed by atoms with Crippen molar-refractivity contribution < 1.29 is 14.3 Å². The summed E-state index contributed by atoms with van der Waals surface area (Å²) in [6.45, 7) is 6.12. The summed E-state index contributed by atoms with van der Waals surface area (Å²) in [5, 5.41) is 0. The van der Waals surface area contributed by atoms with E-state index in [4.69, 9.17) is 9.47 Å². The molecule has 84 valence electrons. The molecule has 0 spiro atoms. The van der Waals surface area contributed by atoms with E-state index >= 15 is 0 Å². The number of rotatable bonds is 4. The van der Waals surface area contributed by atoms with Crippen molar-refractivity contribution in [3.63, 3.8) is 0 Å². The Balaban J connectivity index is 2.37. The lowest BCUT2D eigenvalue weighted by molar-refractivity contribution is -0.144. The molecular weight excluding hydrogens is 192 g/mol. The van der Waals surface area contributed by atoms with Crippen LogP contribution in [0.2, 0.25) is 0 Å². The van der Waals surface area contributed by atoms with E-state index in [0.29, 0.717) is 6.61 Å². The van der Waals surface area contributed by atoms with Gasteiger partial charge in [-0.1, -0.05) is 19.3 Å². The third kappa shape index (κ3) is 3.24. The minimum Gasteiger partial charge on any atom is -0.464 e. The van der Waals surface area contributed by atoms with Crippen LogP contribution in [0.5, 0.6) is 0 Å². The Morgan fingerprint density at radius 3 is 2.87 bits per heavy atom. The predicted molar refractivity (Wildman–Crippen MR) is 57.2 cm³/mol. The van der Waals surface area contributed by atoms with Gasteiger partial charge in [0.1, 0.15) is 0 Å². The van der Waals surface area contributed by atoms with Gasteiger partial charge in [0.05, 0.1) is 6.61 Å². The molecule has 0 aromatic rings. The summed E-state index contributed by atoms with van der Waals surface area (Å²) >= 11 is 0. The number of carbonyl (C=O) groups is 1. The SMILES string of the molecule is CCCCC#CC1(C)OC1C(=O)OCC. The maximum Gasteiger partial charge on any atom is 0.339 e. The number of epoxide rings is 1. The fourth-order valence-electron chi connectivity index (χ4n) is 1.30. The molecule has 3 nitrogen and oxygen atoms in total. The summed E-state index contributed by atoms with van der Waals surface area (Å²) in [5.74, 6) is 5.72. The van der Waals surface area contributed by atoms with Gasteiger partial charge in [0.2, 0.25) is 0 Å². The van der Waals surface area contributed by atoms with E-state index in [-0.39, 0.29) is 5.97 Å². The molecule has 1 rings (SSSR count). The van der Waals surface area contributed by atoms with Gasteiger partial charge in [-0.3, -0.25) is 0 Å². The minimum absolute atomic E-state index is 0.301. The van der Waals surface area contributed by atoms with Crippen molar-refractivity contribution in [2.24, 2.45) is 0 Å². The Kier molecular flexibility index (Phi) is 4.16. The first kappa shape index (κ1) is 12.1. The average Bonchev–Trinajstić information content (AvgIpc) is 2.87. The van der Waals surface area contributed by atoms with E-state index in [9.17, 15) is 4.79 Å². The molecule has 0 bridgehead atoms. The summed E-state index contributed by atoms with van der Waals surface area (Å²) in [6.07, 6.45) is 2.61. The van der Waals surface area contributed by atoms with E-state index in [1.807, 2.05) is 6.92 Å². The monoisotopic (exact) mass is 210 g/mol. The number of unbranched alkanes of at least 4 members (excludes halogenated alkanes) is 2. The van der Waals surface area contributed by atoms with Gasteiger partial charge >= 0.3 is 5.97 Å². The van der Waals surface area contributed by atoms with Crippen molar-refractivity contribution in [3.8, 4) is 11.8 Å². The van der Waals surface area contributed by atoms with Crippen LogP contribution in [0.3, 0.4) is 0 Å². The lowest BCUT2D eigenvalue weighted by Gasteiger charge is -1.97. The third-order valence-electron chi connectivity index (χ3n) is 2.30. The van der Waals surface area contributed by atoms with Crippen molar-refractivity contribution in [3.05, 3.63) is 0 Å². The quantitative estimate of drug-likeness (QED) is 0.308. The molecule has 0 amide bonds. The van der Waals surface area contributed by atoms with Gasteiger partial charge in [-0.15, -0.1) is 5.92 Å². The van der Waals surface area contributed by atoms with E-state index in [1.54, 1.807) is 6.92 Å². The fraction of sp³-hybridized carbons (Fsp3) is 0.750. The van der Waals surface area contributed by atoms with Gasteiger partial charge in [-0.25, -0.2) is 4.79 Å². The number of esters is 1. The highest BCUT2D eigenvalue weighted by molar-refractivity contribution is 5.80. The smallest absolute Gasteiger partial charge is 0.339 e. The Hall–Kier alpha value is -1.01. The number of hydrogen-bond acceptors (Lipinski definition) is 3. The summed E-state index contributed by atoms with van der Waals surface area (Å²) in [5.41, 5.74) is -0.597. The van der Waals surface area contributed by atoms with Crippen molar-refractivity contribution in [2.45, 2.75) is 51.7 Å². The van der Waals surface area contributed by atoms with Crippen molar-refractivity contribution >= 4 is 5.97 Å². The molecule has 1 aliphatic heterocycles. The van der Waals surface area contributed by atoms with Crippen LogP contribution in [0.4, 0.5) is 0 Å². The van der Waals surface area contributed by atoms with Gasteiger partial charge in [0, 0.05) is 6.42 Å². The molecule has 3 heteroatoms. The van der Waals surface area contributed by atoms with Crippen LogP contribution >= 0.6 is 0 Å². The molecule has 1 saturated heterocycles. The number of hydrogen-bond donors (Lipinski definition) is 0. The second-order valence-electron chi connectivity index (χ2n) is 3.76. The van der Waals surface area contributed by atoms with Gasteiger partial charge in [-0.2, -0.15) is 0 Å². The molecule has 2 unspecified atom stereocenters. The van der Waals surface area contributed by atoms with Crippen molar-refractivity contribution in [1.29, 1.82) is 0 Å². The maximum absolute atomic E-state index is 11.3. The van der Waals surface area contributed by atoms with E-state index in [1.165, 1.54) is 0 Å². The topological polar surface area (TPSA) is 38.8 Å². The zero-order chi connectivity index (χ0) is 11.3. The predicted octanol–water partition coefficient (Wildman–Crippen LogP) is 1.90. The van der Waals surface area contributed by atoms with Crippen LogP contribution in [-0.4, -0.2) is 24.3 Å². The standard InChI is InChI=1S/C12H18O3/c1-4-6-7-8-9-12(3)10(15-12)11(13)14-5-2/h10H,4-7H2,1-3H3. The molecule has 0 radical (unpaired) electrons. The first-order chi connectivity index (χ1) is 7.14. The Morgan fingerprint density at radius 1 is 1.53 bits per heavy atom. The normalized spacial score (nSPS) is 27.8. The van der Waals surface area contributed by atoms with Gasteiger partial charge < -0.3 is 9.47 Å². The molecule has 0 aromatic carbocycles. The summed E-state index contributed by atoms with van der Waals surface area (Å²) in [6, 6.07) is 0. The lowest BCUT2D eigenvalue weighted by atomic mass is 10.1. The van der Waals surface area contributed by atoms with Crippen LogP contribution in [0, 0.1) is 11.8 Å². The second kappa shape index (κ2) is 5.18. The highest BCUT2D eigenvalue weighted by Crippen LogP contribution is 2.36. The number of carbonyl (C=O) groups excluding carboxylic acids is 1. The molecule has 0 aromatic heterocycles. The van der Waals surface area contributed by atoms with Crippen LogP contribution in [0.1, 0.15) is 40.0 Å². The molecule has 1 heterocycles. The first-order valence-corrected chi connectivity index (χ1v) is 5.48. The second-order valence-corrected chi connectivity index (χ2v) is 3.76. The minimum atomic E-state index is -0.597. The number of ether oxygens (including phenoxy) is 2. The summed E-state index contributed by atoms with van der Waals surface area (Å²) in [7, 11) is 0. The van der Waals surface area contributed by atoms with Crippen molar-refractivity contribution in [2.75, 3.05) is 6.61 Å². The molecular formula is C12H18O3. The molecule has 0 N–H and O–H groups in total.